The zero-order valence-electron chi connectivity index (χ0n) is 10.3. The molecule has 2 aromatic rings. The molecular weight excluding hydrogens is 253 g/mol. The molecule has 3 N–H and O–H groups in total. The van der Waals surface area contributed by atoms with E-state index in [0.29, 0.717) is 16.4 Å². The minimum absolute atomic E-state index is 0.283. The van der Waals surface area contributed by atoms with Gasteiger partial charge in [0.1, 0.15) is 5.82 Å². The quantitative estimate of drug-likeness (QED) is 0.884. The van der Waals surface area contributed by atoms with Gasteiger partial charge in [0.25, 0.3) is 0 Å². The van der Waals surface area contributed by atoms with Gasteiger partial charge in [-0.25, -0.2) is 4.39 Å². The number of nitrogen functional groups attached to an aromatic ring is 1. The fourth-order valence-corrected chi connectivity index (χ4v) is 2.17. The first-order chi connectivity index (χ1) is 8.54. The van der Waals surface area contributed by atoms with Crippen LogP contribution in [0.1, 0.15) is 31.9 Å². The molecule has 0 fully saturated rings. The molecule has 96 valence electrons. The summed E-state index contributed by atoms with van der Waals surface area (Å²) in [5, 5.41) is 7.30. The van der Waals surface area contributed by atoms with E-state index in [1.165, 1.54) is 12.1 Å². The molecule has 1 aromatic carbocycles. The summed E-state index contributed by atoms with van der Waals surface area (Å²) in [6, 6.07) is 4.28. The highest BCUT2D eigenvalue weighted by Gasteiger charge is 2.19. The normalized spacial score (nSPS) is 12.7. The van der Waals surface area contributed by atoms with Gasteiger partial charge in [-0.05, 0) is 30.5 Å². The third kappa shape index (κ3) is 2.20. The highest BCUT2D eigenvalue weighted by molar-refractivity contribution is 6.33. The molecular formula is C13H15ClFN3. The Balaban J connectivity index is 2.59. The maximum Gasteiger partial charge on any atom is 0.153 e. The monoisotopic (exact) mass is 267 g/mol. The molecule has 0 radical (unpaired) electrons. The zero-order chi connectivity index (χ0) is 13.3. The molecule has 3 nitrogen and oxygen atoms in total. The van der Waals surface area contributed by atoms with Gasteiger partial charge in [0.2, 0.25) is 0 Å². The Kier molecular flexibility index (Phi) is 3.57. The molecule has 1 heterocycles. The van der Waals surface area contributed by atoms with E-state index in [-0.39, 0.29) is 11.7 Å². The molecule has 0 aliphatic carbocycles. The number of benzene rings is 1. The summed E-state index contributed by atoms with van der Waals surface area (Å²) in [6.45, 7) is 4.16. The molecule has 0 saturated heterocycles. The maximum atomic E-state index is 13.1. The Morgan fingerprint density at radius 1 is 1.50 bits per heavy atom. The van der Waals surface area contributed by atoms with Crippen molar-refractivity contribution < 1.29 is 4.39 Å². The topological polar surface area (TPSA) is 54.7 Å². The molecule has 0 saturated carbocycles. The highest BCUT2D eigenvalue weighted by atomic mass is 35.5. The fraction of sp³-hybridized carbons (Fsp3) is 0.308. The van der Waals surface area contributed by atoms with Crippen LogP contribution < -0.4 is 5.73 Å². The summed E-state index contributed by atoms with van der Waals surface area (Å²) < 4.78 is 13.1. The predicted octanol–water partition coefficient (Wildman–Crippen LogP) is 3.96. The maximum absolute atomic E-state index is 13.1. The number of nitrogens with zero attached hydrogens (tertiary/aromatic N) is 1. The van der Waals surface area contributed by atoms with Crippen LogP contribution in [-0.4, -0.2) is 10.2 Å². The molecule has 0 bridgehead atoms. The van der Waals surface area contributed by atoms with E-state index >= 15 is 0 Å². The van der Waals surface area contributed by atoms with Crippen molar-refractivity contribution in [2.45, 2.75) is 26.2 Å². The van der Waals surface area contributed by atoms with Gasteiger partial charge in [0.05, 0.1) is 5.02 Å². The third-order valence-electron chi connectivity index (χ3n) is 3.13. The van der Waals surface area contributed by atoms with Crippen molar-refractivity contribution in [2.24, 2.45) is 0 Å². The summed E-state index contributed by atoms with van der Waals surface area (Å²) in [5.74, 6) is 0.306. The molecule has 0 amide bonds. The average Bonchev–Trinajstić information content (AvgIpc) is 2.70. The standard InChI is InChI=1S/C13H15ClFN3/c1-3-7(2)12-11(13(16)18-17-12)9-5-4-8(15)6-10(9)14/h4-7H,3H2,1-2H3,(H3,16,17,18). The first kappa shape index (κ1) is 12.9. The number of hydrogen-bond acceptors (Lipinski definition) is 2. The van der Waals surface area contributed by atoms with Crippen LogP contribution in [-0.2, 0) is 0 Å². The van der Waals surface area contributed by atoms with Crippen LogP contribution in [0, 0.1) is 5.82 Å². The second-order valence-electron chi connectivity index (χ2n) is 4.33. The first-order valence-corrected chi connectivity index (χ1v) is 6.21. The molecule has 0 aliphatic heterocycles. The smallest absolute Gasteiger partial charge is 0.153 e. The lowest BCUT2D eigenvalue weighted by molar-refractivity contribution is 0.628. The number of rotatable bonds is 3. The van der Waals surface area contributed by atoms with Gasteiger partial charge in [-0.3, -0.25) is 5.10 Å². The minimum atomic E-state index is -0.365. The average molecular weight is 268 g/mol. The van der Waals surface area contributed by atoms with Gasteiger partial charge in [0, 0.05) is 16.8 Å². The number of hydrogen-bond donors (Lipinski definition) is 2. The van der Waals surface area contributed by atoms with Crippen molar-refractivity contribution in [3.05, 3.63) is 34.7 Å². The summed E-state index contributed by atoms with van der Waals surface area (Å²) >= 11 is 6.08. The van der Waals surface area contributed by atoms with Crippen molar-refractivity contribution in [3.8, 4) is 11.1 Å². The van der Waals surface area contributed by atoms with E-state index in [2.05, 4.69) is 24.0 Å². The summed E-state index contributed by atoms with van der Waals surface area (Å²) in [4.78, 5) is 0. The molecule has 1 aromatic heterocycles. The van der Waals surface area contributed by atoms with Crippen molar-refractivity contribution >= 4 is 17.4 Å². The van der Waals surface area contributed by atoms with Crippen LogP contribution in [0.5, 0.6) is 0 Å². The van der Waals surface area contributed by atoms with Gasteiger partial charge in [0.15, 0.2) is 5.82 Å². The Bertz CT molecular complexity index is 565. The first-order valence-electron chi connectivity index (χ1n) is 5.83. The summed E-state index contributed by atoms with van der Waals surface area (Å²) in [5.41, 5.74) is 8.29. The number of aromatic amines is 1. The second kappa shape index (κ2) is 4.98. The fourth-order valence-electron chi connectivity index (χ4n) is 1.91. The molecule has 1 atom stereocenters. The van der Waals surface area contributed by atoms with Crippen LogP contribution in [0.4, 0.5) is 10.2 Å². The Morgan fingerprint density at radius 2 is 2.22 bits per heavy atom. The minimum Gasteiger partial charge on any atom is -0.382 e. The zero-order valence-corrected chi connectivity index (χ0v) is 11.1. The number of halogens is 2. The number of nitrogens with two attached hydrogens (primary N) is 1. The van der Waals surface area contributed by atoms with Crippen LogP contribution in [0.15, 0.2) is 18.2 Å². The lowest BCUT2D eigenvalue weighted by Crippen LogP contribution is -1.96. The van der Waals surface area contributed by atoms with Gasteiger partial charge < -0.3 is 5.73 Å². The summed E-state index contributed by atoms with van der Waals surface area (Å²) in [7, 11) is 0. The van der Waals surface area contributed by atoms with Crippen molar-refractivity contribution in [1.29, 1.82) is 0 Å². The van der Waals surface area contributed by atoms with Crippen LogP contribution in [0.3, 0.4) is 0 Å². The molecule has 0 aliphatic rings. The second-order valence-corrected chi connectivity index (χ2v) is 4.74. The van der Waals surface area contributed by atoms with Gasteiger partial charge in [-0.15, -0.1) is 0 Å². The summed E-state index contributed by atoms with van der Waals surface area (Å²) in [6.07, 6.45) is 0.952. The number of nitrogens with one attached hydrogen (secondary N) is 1. The van der Waals surface area contributed by atoms with Crippen LogP contribution >= 0.6 is 11.6 Å². The lowest BCUT2D eigenvalue weighted by Gasteiger charge is -2.11. The van der Waals surface area contributed by atoms with E-state index in [4.69, 9.17) is 17.3 Å². The molecule has 0 spiro atoms. The van der Waals surface area contributed by atoms with E-state index < -0.39 is 0 Å². The van der Waals surface area contributed by atoms with E-state index in [9.17, 15) is 4.39 Å². The van der Waals surface area contributed by atoms with Gasteiger partial charge in [-0.1, -0.05) is 25.4 Å². The SMILES string of the molecule is CCC(C)c1[nH]nc(N)c1-c1ccc(F)cc1Cl. The predicted molar refractivity (Wildman–Crippen MR) is 72.1 cm³/mol. The van der Waals surface area contributed by atoms with Gasteiger partial charge >= 0.3 is 0 Å². The van der Waals surface area contributed by atoms with Crippen LogP contribution in [0.25, 0.3) is 11.1 Å². The molecule has 5 heteroatoms. The van der Waals surface area contributed by atoms with E-state index in [1.54, 1.807) is 6.07 Å². The lowest BCUT2D eigenvalue weighted by atomic mass is 9.96. The van der Waals surface area contributed by atoms with Crippen molar-refractivity contribution in [2.75, 3.05) is 5.73 Å². The van der Waals surface area contributed by atoms with Crippen LogP contribution in [0.2, 0.25) is 5.02 Å². The number of aromatic nitrogens is 2. The number of H-pyrrole nitrogens is 1. The molecule has 18 heavy (non-hydrogen) atoms. The Hall–Kier alpha value is -1.55. The number of anilines is 1. The van der Waals surface area contributed by atoms with Crippen molar-refractivity contribution in [3.63, 3.8) is 0 Å². The molecule has 2 rings (SSSR count). The largest absolute Gasteiger partial charge is 0.382 e. The van der Waals surface area contributed by atoms with Crippen molar-refractivity contribution in [1.82, 2.24) is 10.2 Å². The Morgan fingerprint density at radius 3 is 2.83 bits per heavy atom. The van der Waals surface area contributed by atoms with E-state index in [1.807, 2.05) is 0 Å². The Labute approximate surface area is 110 Å². The molecule has 1 unspecified atom stereocenters. The highest BCUT2D eigenvalue weighted by Crippen LogP contribution is 2.37. The van der Waals surface area contributed by atoms with E-state index in [0.717, 1.165) is 17.7 Å². The van der Waals surface area contributed by atoms with Gasteiger partial charge in [-0.2, -0.15) is 5.10 Å². The third-order valence-corrected chi connectivity index (χ3v) is 3.44.